The van der Waals surface area contributed by atoms with E-state index in [-0.39, 0.29) is 27.8 Å². The quantitative estimate of drug-likeness (QED) is 0.560. The third-order valence-corrected chi connectivity index (χ3v) is 5.21. The maximum absolute atomic E-state index is 12.1. The highest BCUT2D eigenvalue weighted by molar-refractivity contribution is 7.99. The zero-order valence-electron chi connectivity index (χ0n) is 13.9. The number of aromatic amines is 1. The van der Waals surface area contributed by atoms with Crippen LogP contribution in [0.4, 0.5) is 5.69 Å². The van der Waals surface area contributed by atoms with Crippen molar-refractivity contribution in [2.75, 3.05) is 17.3 Å². The first kappa shape index (κ1) is 19.2. The summed E-state index contributed by atoms with van der Waals surface area (Å²) in [4.78, 5) is 30.6. The molecule has 0 saturated carbocycles. The number of rotatable bonds is 7. The predicted molar refractivity (Wildman–Crippen MR) is 97.8 cm³/mol. The van der Waals surface area contributed by atoms with Gasteiger partial charge in [-0.05, 0) is 18.6 Å². The van der Waals surface area contributed by atoms with E-state index in [1.54, 1.807) is 12.1 Å². The highest BCUT2D eigenvalue weighted by Crippen LogP contribution is 2.21. The van der Waals surface area contributed by atoms with Crippen molar-refractivity contribution in [3.63, 3.8) is 0 Å². The lowest BCUT2D eigenvalue weighted by Gasteiger charge is -2.09. The molecule has 0 aliphatic heterocycles. The maximum Gasteiger partial charge on any atom is 0.251 e. The van der Waals surface area contributed by atoms with Gasteiger partial charge in [0.15, 0.2) is 15.0 Å². The number of amides is 1. The summed E-state index contributed by atoms with van der Waals surface area (Å²) in [7, 11) is -3.45. The van der Waals surface area contributed by atoms with Crippen molar-refractivity contribution in [2.24, 2.45) is 0 Å². The Bertz CT molecular complexity index is 923. The minimum Gasteiger partial charge on any atom is -0.324 e. The van der Waals surface area contributed by atoms with Gasteiger partial charge in [0.1, 0.15) is 0 Å². The van der Waals surface area contributed by atoms with E-state index >= 15 is 0 Å². The Morgan fingerprint density at radius 2 is 2.04 bits per heavy atom. The first-order valence-corrected chi connectivity index (χ1v) is 10.5. The molecule has 0 bridgehead atoms. The first-order chi connectivity index (χ1) is 11.8. The van der Waals surface area contributed by atoms with Crippen LogP contribution in [-0.2, 0) is 21.1 Å². The Balaban J connectivity index is 2.06. The topological polar surface area (TPSA) is 109 Å². The van der Waals surface area contributed by atoms with Crippen LogP contribution in [0, 0.1) is 0 Å². The summed E-state index contributed by atoms with van der Waals surface area (Å²) in [5.74, 6) is -0.388. The second-order valence-electron chi connectivity index (χ2n) is 5.40. The van der Waals surface area contributed by atoms with Crippen molar-refractivity contribution >= 4 is 33.2 Å². The third-order valence-electron chi connectivity index (χ3n) is 3.18. The van der Waals surface area contributed by atoms with E-state index in [4.69, 9.17) is 0 Å². The molecular weight excluding hydrogens is 362 g/mol. The standard InChI is InChI=1S/C16H19N3O4S2/c1-3-6-11-9-14(20)19-16(17-11)24-10-15(21)18-12-7-4-5-8-13(12)25(2,22)23/h4-5,7-9H,3,6,10H2,1-2H3,(H,18,21)(H,17,19,20). The molecule has 7 nitrogen and oxygen atoms in total. The van der Waals surface area contributed by atoms with E-state index in [1.165, 1.54) is 18.2 Å². The first-order valence-electron chi connectivity index (χ1n) is 7.61. The second-order valence-corrected chi connectivity index (χ2v) is 8.35. The number of hydrogen-bond acceptors (Lipinski definition) is 6. The molecule has 1 heterocycles. The number of carbonyl (C=O) groups excluding carboxylic acids is 1. The number of aromatic nitrogens is 2. The monoisotopic (exact) mass is 381 g/mol. The average Bonchev–Trinajstić information content (AvgIpc) is 2.52. The molecule has 2 aromatic rings. The Kier molecular flexibility index (Phi) is 6.38. The fourth-order valence-corrected chi connectivity index (χ4v) is 3.69. The largest absolute Gasteiger partial charge is 0.324 e. The van der Waals surface area contributed by atoms with Gasteiger partial charge in [0.05, 0.1) is 16.3 Å². The second kappa shape index (κ2) is 8.30. The number of para-hydroxylation sites is 1. The Hall–Kier alpha value is -2.13. The minimum atomic E-state index is -3.45. The molecule has 0 aliphatic carbocycles. The summed E-state index contributed by atoms with van der Waals surface area (Å²) in [5, 5.41) is 2.95. The van der Waals surface area contributed by atoms with Crippen LogP contribution in [0.1, 0.15) is 19.0 Å². The van der Waals surface area contributed by atoms with Gasteiger partial charge in [-0.15, -0.1) is 0 Å². The molecular formula is C16H19N3O4S2. The smallest absolute Gasteiger partial charge is 0.251 e. The van der Waals surface area contributed by atoms with Gasteiger partial charge in [-0.1, -0.05) is 37.2 Å². The number of aryl methyl sites for hydroxylation is 1. The van der Waals surface area contributed by atoms with E-state index in [1.807, 2.05) is 6.92 Å². The van der Waals surface area contributed by atoms with Gasteiger partial charge < -0.3 is 10.3 Å². The number of nitrogens with one attached hydrogen (secondary N) is 2. The molecule has 1 aromatic heterocycles. The zero-order chi connectivity index (χ0) is 18.4. The van der Waals surface area contributed by atoms with Crippen LogP contribution in [0.25, 0.3) is 0 Å². The number of hydrogen-bond donors (Lipinski definition) is 2. The molecule has 0 spiro atoms. The molecule has 9 heteroatoms. The summed E-state index contributed by atoms with van der Waals surface area (Å²) in [6, 6.07) is 7.64. The predicted octanol–water partition coefficient (Wildman–Crippen LogP) is 1.86. The number of sulfone groups is 1. The van der Waals surface area contributed by atoms with Crippen molar-refractivity contribution < 1.29 is 13.2 Å². The number of carbonyl (C=O) groups is 1. The molecule has 2 rings (SSSR count). The van der Waals surface area contributed by atoms with Crippen LogP contribution in [0.5, 0.6) is 0 Å². The van der Waals surface area contributed by atoms with Gasteiger partial charge in [0.2, 0.25) is 5.91 Å². The fraction of sp³-hybridized carbons (Fsp3) is 0.312. The molecule has 0 radical (unpaired) electrons. The minimum absolute atomic E-state index is 0.00336. The SMILES string of the molecule is CCCc1cc(=O)[nH]c(SCC(=O)Nc2ccccc2S(C)(=O)=O)n1. The van der Waals surface area contributed by atoms with Gasteiger partial charge in [-0.3, -0.25) is 9.59 Å². The number of thioether (sulfide) groups is 1. The molecule has 0 fully saturated rings. The lowest BCUT2D eigenvalue weighted by molar-refractivity contribution is -0.113. The van der Waals surface area contributed by atoms with Crippen molar-refractivity contribution in [1.82, 2.24) is 9.97 Å². The summed E-state index contributed by atoms with van der Waals surface area (Å²) >= 11 is 1.09. The fourth-order valence-electron chi connectivity index (χ4n) is 2.15. The molecule has 25 heavy (non-hydrogen) atoms. The van der Waals surface area contributed by atoms with E-state index < -0.39 is 9.84 Å². The molecule has 0 saturated heterocycles. The number of nitrogens with zero attached hydrogens (tertiary/aromatic N) is 1. The number of anilines is 1. The summed E-state index contributed by atoms with van der Waals surface area (Å²) in [6.07, 6.45) is 2.63. The zero-order valence-corrected chi connectivity index (χ0v) is 15.5. The Morgan fingerprint density at radius 1 is 1.32 bits per heavy atom. The normalized spacial score (nSPS) is 11.3. The lowest BCUT2D eigenvalue weighted by Crippen LogP contribution is -2.17. The summed E-state index contributed by atoms with van der Waals surface area (Å²) < 4.78 is 23.5. The van der Waals surface area contributed by atoms with Crippen molar-refractivity contribution in [1.29, 1.82) is 0 Å². The van der Waals surface area contributed by atoms with Crippen LogP contribution in [0.15, 0.2) is 45.2 Å². The highest BCUT2D eigenvalue weighted by Gasteiger charge is 2.15. The van der Waals surface area contributed by atoms with E-state index in [0.29, 0.717) is 17.3 Å². The van der Waals surface area contributed by atoms with E-state index in [0.717, 1.165) is 24.4 Å². The molecule has 0 atom stereocenters. The summed E-state index contributed by atoms with van der Waals surface area (Å²) in [5.41, 5.74) is 0.650. The van der Waals surface area contributed by atoms with Crippen LogP contribution in [0.3, 0.4) is 0 Å². The highest BCUT2D eigenvalue weighted by atomic mass is 32.2. The van der Waals surface area contributed by atoms with Gasteiger partial charge in [-0.2, -0.15) is 0 Å². The van der Waals surface area contributed by atoms with Crippen molar-refractivity contribution in [3.05, 3.63) is 46.4 Å². The average molecular weight is 381 g/mol. The van der Waals surface area contributed by atoms with Crippen LogP contribution < -0.4 is 10.9 Å². The van der Waals surface area contributed by atoms with E-state index in [2.05, 4.69) is 15.3 Å². The molecule has 134 valence electrons. The van der Waals surface area contributed by atoms with Crippen LogP contribution in [0.2, 0.25) is 0 Å². The Morgan fingerprint density at radius 3 is 2.72 bits per heavy atom. The van der Waals surface area contributed by atoms with Crippen LogP contribution >= 0.6 is 11.8 Å². The maximum atomic E-state index is 12.1. The van der Waals surface area contributed by atoms with Gasteiger partial charge >= 0.3 is 0 Å². The molecule has 1 aromatic carbocycles. The number of H-pyrrole nitrogens is 1. The van der Waals surface area contributed by atoms with Crippen molar-refractivity contribution in [3.8, 4) is 0 Å². The van der Waals surface area contributed by atoms with Crippen LogP contribution in [-0.4, -0.2) is 36.3 Å². The summed E-state index contributed by atoms with van der Waals surface area (Å²) in [6.45, 7) is 1.99. The van der Waals surface area contributed by atoms with Gasteiger partial charge in [0.25, 0.3) is 5.56 Å². The molecule has 0 unspecified atom stereocenters. The van der Waals surface area contributed by atoms with Gasteiger partial charge in [0, 0.05) is 18.0 Å². The lowest BCUT2D eigenvalue weighted by atomic mass is 10.2. The Labute approximate surface area is 150 Å². The molecule has 1 amide bonds. The van der Waals surface area contributed by atoms with Crippen molar-refractivity contribution in [2.45, 2.75) is 29.8 Å². The molecule has 2 N–H and O–H groups in total. The van der Waals surface area contributed by atoms with E-state index in [9.17, 15) is 18.0 Å². The molecule has 0 aliphatic rings. The third kappa shape index (κ3) is 5.71. The number of benzene rings is 1. The van der Waals surface area contributed by atoms with Gasteiger partial charge in [-0.25, -0.2) is 13.4 Å².